The van der Waals surface area contributed by atoms with Crippen LogP contribution in [0.3, 0.4) is 0 Å². The summed E-state index contributed by atoms with van der Waals surface area (Å²) in [5.74, 6) is 0.357. The van der Waals surface area contributed by atoms with Crippen LogP contribution in [0.15, 0.2) is 69.3 Å². The van der Waals surface area contributed by atoms with Gasteiger partial charge in [0.05, 0.1) is 22.7 Å². The van der Waals surface area contributed by atoms with Crippen molar-refractivity contribution in [3.63, 3.8) is 0 Å². The summed E-state index contributed by atoms with van der Waals surface area (Å²) < 4.78 is 28.8. The largest absolute Gasteiger partial charge is 0.411 e. The first-order valence-electron chi connectivity index (χ1n) is 11.1. The Morgan fingerprint density at radius 3 is 2.67 bits per heavy atom. The molecule has 0 saturated heterocycles. The molecule has 4 aromatic rings. The number of nitrogens with zero attached hydrogens (tertiary/aromatic N) is 1. The van der Waals surface area contributed by atoms with Crippen LogP contribution in [0.5, 0.6) is 0 Å². The van der Waals surface area contributed by atoms with E-state index in [9.17, 15) is 13.2 Å². The topological polar surface area (TPSA) is 124 Å². The van der Waals surface area contributed by atoms with E-state index in [1.807, 2.05) is 43.3 Å². The first-order chi connectivity index (χ1) is 17.3. The number of fused-ring (bicyclic) bond motifs is 1. The number of hydrogen-bond acceptors (Lipinski definition) is 7. The number of anilines is 1. The van der Waals surface area contributed by atoms with Crippen molar-refractivity contribution in [1.29, 1.82) is 0 Å². The van der Waals surface area contributed by atoms with E-state index >= 15 is 0 Å². The number of carbonyl (C=O) groups is 1. The lowest BCUT2D eigenvalue weighted by atomic mass is 10.1. The number of rotatable bonds is 10. The molecule has 0 aliphatic rings. The molecular weight excluding hydrogens is 517 g/mol. The summed E-state index contributed by atoms with van der Waals surface area (Å²) in [4.78, 5) is 16.0. The van der Waals surface area contributed by atoms with Crippen LogP contribution in [0.2, 0.25) is 0 Å². The summed E-state index contributed by atoms with van der Waals surface area (Å²) in [6, 6.07) is 17.0. The van der Waals surface area contributed by atoms with Gasteiger partial charge in [-0.2, -0.15) is 0 Å². The zero-order valence-electron chi connectivity index (χ0n) is 19.7. The minimum atomic E-state index is -3.77. The zero-order chi connectivity index (χ0) is 25.7. The van der Waals surface area contributed by atoms with Gasteiger partial charge in [-0.3, -0.25) is 9.52 Å². The molecule has 36 heavy (non-hydrogen) atoms. The molecule has 0 spiro atoms. The van der Waals surface area contributed by atoms with Crippen LogP contribution in [0.1, 0.15) is 27.2 Å². The normalized spacial score (nSPS) is 12.7. The molecule has 0 aliphatic heterocycles. The summed E-state index contributed by atoms with van der Waals surface area (Å²) in [6.45, 7) is 3.87. The average molecular weight is 543 g/mol. The fourth-order valence-corrected chi connectivity index (χ4v) is 7.14. The highest BCUT2D eigenvalue weighted by atomic mass is 32.2. The third kappa shape index (κ3) is 6.10. The number of H-pyrrole nitrogens is 1. The van der Waals surface area contributed by atoms with Crippen LogP contribution in [0, 0.1) is 13.8 Å². The van der Waals surface area contributed by atoms with Crippen LogP contribution in [0.25, 0.3) is 10.9 Å². The van der Waals surface area contributed by atoms with Gasteiger partial charge in [-0.05, 0) is 60.2 Å². The van der Waals surface area contributed by atoms with E-state index in [1.54, 1.807) is 42.3 Å². The highest BCUT2D eigenvalue weighted by molar-refractivity contribution is 7.99. The average Bonchev–Trinajstić information content (AvgIpc) is 3.48. The molecular formula is C25H26N4O4S3. The van der Waals surface area contributed by atoms with E-state index < -0.39 is 10.0 Å². The number of thioether (sulfide) groups is 1. The van der Waals surface area contributed by atoms with Crippen LogP contribution >= 0.6 is 23.1 Å². The van der Waals surface area contributed by atoms with Gasteiger partial charge in [0.1, 0.15) is 9.90 Å². The molecule has 1 amide bonds. The van der Waals surface area contributed by atoms with Crippen LogP contribution in [-0.2, 0) is 15.8 Å². The lowest BCUT2D eigenvalue weighted by Gasteiger charge is -2.12. The number of thiophene rings is 1. The summed E-state index contributed by atoms with van der Waals surface area (Å²) in [7, 11) is -3.77. The quantitative estimate of drug-likeness (QED) is 0.126. The Kier molecular flexibility index (Phi) is 8.02. The second-order valence-corrected chi connectivity index (χ2v) is 12.3. The van der Waals surface area contributed by atoms with Gasteiger partial charge in [0.25, 0.3) is 15.9 Å². The molecule has 0 aliphatic carbocycles. The first-order valence-corrected chi connectivity index (χ1v) is 14.5. The smallest absolute Gasteiger partial charge is 0.271 e. The molecule has 188 valence electrons. The van der Waals surface area contributed by atoms with E-state index in [0.29, 0.717) is 33.6 Å². The second kappa shape index (κ2) is 11.2. The fraction of sp³-hybridized carbons (Fsp3) is 0.200. The van der Waals surface area contributed by atoms with Crippen LogP contribution in [0.4, 0.5) is 5.69 Å². The van der Waals surface area contributed by atoms with Crippen molar-refractivity contribution in [3.8, 4) is 0 Å². The Labute approximate surface area is 217 Å². The number of aromatic nitrogens is 1. The van der Waals surface area contributed by atoms with Gasteiger partial charge in [-0.1, -0.05) is 30.3 Å². The third-order valence-corrected chi connectivity index (χ3v) is 9.69. The predicted molar refractivity (Wildman–Crippen MR) is 147 cm³/mol. The minimum absolute atomic E-state index is 0.234. The van der Waals surface area contributed by atoms with Gasteiger partial charge in [0.15, 0.2) is 0 Å². The Morgan fingerprint density at radius 1 is 1.19 bits per heavy atom. The highest BCUT2D eigenvalue weighted by Crippen LogP contribution is 2.30. The SMILES string of the molecule is Cc1cc(NS(=O)(=O)c2sccc2C)c2[nH]c(C(=O)NCC(/C=N/O)SCc3ccccc3)cc2c1. The van der Waals surface area contributed by atoms with Gasteiger partial charge in [-0.25, -0.2) is 8.42 Å². The number of sulfonamides is 1. The first kappa shape index (κ1) is 25.8. The highest BCUT2D eigenvalue weighted by Gasteiger charge is 2.21. The van der Waals surface area contributed by atoms with Gasteiger partial charge >= 0.3 is 0 Å². The molecule has 2 aromatic heterocycles. The Balaban J connectivity index is 1.49. The van der Waals surface area contributed by atoms with E-state index in [1.165, 1.54) is 6.21 Å². The predicted octanol–water partition coefficient (Wildman–Crippen LogP) is 5.14. The minimum Gasteiger partial charge on any atom is -0.411 e. The molecule has 4 N–H and O–H groups in total. The summed E-state index contributed by atoms with van der Waals surface area (Å²) in [5.41, 5.74) is 3.86. The van der Waals surface area contributed by atoms with E-state index in [2.05, 4.69) is 20.2 Å². The van der Waals surface area contributed by atoms with Gasteiger partial charge < -0.3 is 15.5 Å². The molecule has 4 rings (SSSR count). The Hall–Kier alpha value is -3.28. The van der Waals surface area contributed by atoms with Gasteiger partial charge in [0.2, 0.25) is 0 Å². The second-order valence-electron chi connectivity index (χ2n) is 8.27. The Bertz CT molecular complexity index is 1490. The number of hydrogen-bond donors (Lipinski definition) is 4. The maximum absolute atomic E-state index is 13.0. The van der Waals surface area contributed by atoms with Crippen molar-refractivity contribution in [2.45, 2.75) is 29.1 Å². The molecule has 0 fully saturated rings. The summed E-state index contributed by atoms with van der Waals surface area (Å²) >= 11 is 2.70. The molecule has 11 heteroatoms. The van der Waals surface area contributed by atoms with Crippen LogP contribution in [-0.4, -0.2) is 42.5 Å². The molecule has 2 aromatic carbocycles. The van der Waals surface area contributed by atoms with Crippen LogP contribution < -0.4 is 10.0 Å². The van der Waals surface area contributed by atoms with Crippen molar-refractivity contribution in [2.24, 2.45) is 5.16 Å². The summed E-state index contributed by atoms with van der Waals surface area (Å²) in [5, 5.41) is 17.3. The fourth-order valence-electron chi connectivity index (χ4n) is 3.72. The number of amides is 1. The number of benzene rings is 2. The molecule has 1 unspecified atom stereocenters. The Morgan fingerprint density at radius 2 is 1.97 bits per heavy atom. The van der Waals surface area contributed by atoms with Crippen molar-refractivity contribution < 1.29 is 18.4 Å². The number of nitrogens with one attached hydrogen (secondary N) is 3. The maximum Gasteiger partial charge on any atom is 0.271 e. The lowest BCUT2D eigenvalue weighted by molar-refractivity contribution is 0.0951. The van der Waals surface area contributed by atoms with Crippen molar-refractivity contribution in [1.82, 2.24) is 10.3 Å². The number of oxime groups is 1. The maximum atomic E-state index is 13.0. The van der Waals surface area contributed by atoms with E-state index in [0.717, 1.165) is 22.5 Å². The summed E-state index contributed by atoms with van der Waals surface area (Å²) in [6.07, 6.45) is 1.39. The van der Waals surface area contributed by atoms with Gasteiger partial charge in [-0.15, -0.1) is 28.3 Å². The van der Waals surface area contributed by atoms with Crippen molar-refractivity contribution in [3.05, 3.63) is 82.4 Å². The molecule has 0 radical (unpaired) electrons. The molecule has 1 atom stereocenters. The standard InChI is InChI=1S/C25H26N4O4S3/c1-16-10-19-12-22(24(30)26-13-20(14-27-31)35-15-18-6-4-3-5-7-18)28-23(19)21(11-16)29-36(32,33)25-17(2)8-9-34-25/h3-12,14,20,28-29,31H,13,15H2,1-2H3,(H,26,30)/b27-14+. The lowest BCUT2D eigenvalue weighted by Crippen LogP contribution is -2.31. The van der Waals surface area contributed by atoms with E-state index in [-0.39, 0.29) is 21.9 Å². The zero-order valence-corrected chi connectivity index (χ0v) is 22.1. The van der Waals surface area contributed by atoms with Crippen molar-refractivity contribution in [2.75, 3.05) is 11.3 Å². The monoisotopic (exact) mass is 542 g/mol. The van der Waals surface area contributed by atoms with Crippen molar-refractivity contribution >= 4 is 61.8 Å². The van der Waals surface area contributed by atoms with E-state index in [4.69, 9.17) is 5.21 Å². The molecule has 8 nitrogen and oxygen atoms in total. The van der Waals surface area contributed by atoms with Gasteiger partial charge in [0, 0.05) is 17.7 Å². The molecule has 2 heterocycles. The number of carbonyl (C=O) groups excluding carboxylic acids is 1. The third-order valence-electron chi connectivity index (χ3n) is 5.42. The number of aryl methyl sites for hydroxylation is 2. The molecule has 0 saturated carbocycles. The number of aromatic amines is 1. The molecule has 0 bridgehead atoms.